The number of nitrogens with zero attached hydrogens (tertiary/aromatic N) is 2. The quantitative estimate of drug-likeness (QED) is 0.767. The lowest BCUT2D eigenvalue weighted by molar-refractivity contribution is -0.157. The monoisotopic (exact) mass is 412 g/mol. The highest BCUT2D eigenvalue weighted by atomic mass is 32.2. The SMILES string of the molecule is CC1(C)CN(C(=O)[C@H]2CCCCN2S(=O)(=O)c2ccccc2)[C@H]1c1ccccc1. The van der Waals surface area contributed by atoms with Gasteiger partial charge in [0.15, 0.2) is 0 Å². The Morgan fingerprint density at radius 3 is 2.21 bits per heavy atom. The molecule has 5 nitrogen and oxygen atoms in total. The molecule has 29 heavy (non-hydrogen) atoms. The van der Waals surface area contributed by atoms with Gasteiger partial charge in [0.05, 0.1) is 10.9 Å². The number of carbonyl (C=O) groups excluding carboxylic acids is 1. The van der Waals surface area contributed by atoms with Crippen molar-refractivity contribution in [2.75, 3.05) is 13.1 Å². The number of rotatable bonds is 4. The summed E-state index contributed by atoms with van der Waals surface area (Å²) in [4.78, 5) is 15.7. The van der Waals surface area contributed by atoms with E-state index in [4.69, 9.17) is 0 Å². The van der Waals surface area contributed by atoms with Crippen LogP contribution in [0, 0.1) is 5.41 Å². The van der Waals surface area contributed by atoms with Gasteiger partial charge in [0.2, 0.25) is 15.9 Å². The van der Waals surface area contributed by atoms with E-state index >= 15 is 0 Å². The molecule has 2 aliphatic heterocycles. The molecule has 0 aliphatic carbocycles. The van der Waals surface area contributed by atoms with Gasteiger partial charge >= 0.3 is 0 Å². The largest absolute Gasteiger partial charge is 0.333 e. The molecule has 2 saturated heterocycles. The minimum Gasteiger partial charge on any atom is -0.333 e. The van der Waals surface area contributed by atoms with Gasteiger partial charge in [-0.25, -0.2) is 8.42 Å². The molecule has 0 radical (unpaired) electrons. The predicted molar refractivity (Wildman–Crippen MR) is 113 cm³/mol. The van der Waals surface area contributed by atoms with Crippen molar-refractivity contribution in [2.24, 2.45) is 5.41 Å². The van der Waals surface area contributed by atoms with Crippen LogP contribution in [0.15, 0.2) is 65.6 Å². The molecule has 2 heterocycles. The standard InChI is InChI=1S/C23H28N2O3S/c1-23(2)17-24(21(23)18-11-5-3-6-12-18)22(26)20-15-9-10-16-25(20)29(27,28)19-13-7-4-8-14-19/h3-8,11-14,20-21H,9-10,15-17H2,1-2H3/t20-,21+/m1/s1. The first-order valence-corrected chi connectivity index (χ1v) is 11.7. The van der Waals surface area contributed by atoms with Crippen LogP contribution in [0.2, 0.25) is 0 Å². The van der Waals surface area contributed by atoms with Crippen molar-refractivity contribution in [1.29, 1.82) is 0 Å². The Labute approximate surface area is 173 Å². The van der Waals surface area contributed by atoms with Gasteiger partial charge in [-0.3, -0.25) is 4.79 Å². The van der Waals surface area contributed by atoms with E-state index in [1.54, 1.807) is 30.3 Å². The zero-order valence-corrected chi connectivity index (χ0v) is 17.8. The molecule has 0 saturated carbocycles. The molecule has 2 fully saturated rings. The Hall–Kier alpha value is -2.18. The highest BCUT2D eigenvalue weighted by Crippen LogP contribution is 2.49. The fourth-order valence-electron chi connectivity index (χ4n) is 4.76. The lowest BCUT2D eigenvalue weighted by Crippen LogP contribution is -2.63. The van der Waals surface area contributed by atoms with E-state index in [0.717, 1.165) is 18.4 Å². The topological polar surface area (TPSA) is 57.7 Å². The van der Waals surface area contributed by atoms with Crippen molar-refractivity contribution < 1.29 is 13.2 Å². The Kier molecular flexibility index (Phi) is 5.25. The first kappa shape index (κ1) is 20.1. The third-order valence-electron chi connectivity index (χ3n) is 6.12. The molecule has 154 valence electrons. The first-order valence-electron chi connectivity index (χ1n) is 10.2. The summed E-state index contributed by atoms with van der Waals surface area (Å²) in [6.45, 7) is 5.35. The van der Waals surface area contributed by atoms with Crippen LogP contribution in [-0.2, 0) is 14.8 Å². The number of sulfonamides is 1. The van der Waals surface area contributed by atoms with Crippen LogP contribution in [0.1, 0.15) is 44.7 Å². The summed E-state index contributed by atoms with van der Waals surface area (Å²) in [6, 6.07) is 17.8. The second-order valence-corrected chi connectivity index (χ2v) is 10.6. The molecule has 2 aliphatic rings. The van der Waals surface area contributed by atoms with Gasteiger partial charge in [-0.1, -0.05) is 68.8 Å². The summed E-state index contributed by atoms with van der Waals surface area (Å²) in [6.07, 6.45) is 2.22. The summed E-state index contributed by atoms with van der Waals surface area (Å²) in [5.74, 6) is -0.0719. The van der Waals surface area contributed by atoms with Crippen LogP contribution in [-0.4, -0.2) is 42.7 Å². The van der Waals surface area contributed by atoms with Crippen LogP contribution in [0.25, 0.3) is 0 Å². The van der Waals surface area contributed by atoms with Gasteiger partial charge in [-0.05, 0) is 30.5 Å². The Morgan fingerprint density at radius 2 is 1.59 bits per heavy atom. The molecular formula is C23H28N2O3S. The fraction of sp³-hybridized carbons (Fsp3) is 0.435. The maximum Gasteiger partial charge on any atom is 0.243 e. The number of amides is 1. The molecule has 6 heteroatoms. The molecule has 0 aromatic heterocycles. The van der Waals surface area contributed by atoms with Crippen LogP contribution in [0.3, 0.4) is 0 Å². The van der Waals surface area contributed by atoms with E-state index in [9.17, 15) is 13.2 Å². The van der Waals surface area contributed by atoms with Crippen molar-refractivity contribution >= 4 is 15.9 Å². The number of piperidine rings is 1. The zero-order chi connectivity index (χ0) is 20.6. The molecular weight excluding hydrogens is 384 g/mol. The van der Waals surface area contributed by atoms with Gasteiger partial charge in [0.25, 0.3) is 0 Å². The Morgan fingerprint density at radius 1 is 0.966 bits per heavy atom. The minimum absolute atomic E-state index is 0.0283. The molecule has 1 amide bonds. The average molecular weight is 413 g/mol. The van der Waals surface area contributed by atoms with Gasteiger partial charge in [0, 0.05) is 18.5 Å². The van der Waals surface area contributed by atoms with Crippen LogP contribution in [0.4, 0.5) is 0 Å². The van der Waals surface area contributed by atoms with Crippen molar-refractivity contribution in [3.05, 3.63) is 66.2 Å². The van der Waals surface area contributed by atoms with Crippen molar-refractivity contribution in [3.8, 4) is 0 Å². The molecule has 2 atom stereocenters. The van der Waals surface area contributed by atoms with Crippen molar-refractivity contribution in [3.63, 3.8) is 0 Å². The van der Waals surface area contributed by atoms with E-state index in [-0.39, 0.29) is 22.3 Å². The Balaban J connectivity index is 1.63. The number of hydrogen-bond donors (Lipinski definition) is 0. The molecule has 2 aromatic rings. The van der Waals surface area contributed by atoms with E-state index in [0.29, 0.717) is 19.5 Å². The normalized spacial score (nSPS) is 24.7. The molecule has 4 rings (SSSR count). The van der Waals surface area contributed by atoms with Crippen LogP contribution in [0.5, 0.6) is 0 Å². The molecule has 0 spiro atoms. The third kappa shape index (κ3) is 3.60. The summed E-state index contributed by atoms with van der Waals surface area (Å²) in [5.41, 5.74) is 1.07. The van der Waals surface area contributed by atoms with E-state index < -0.39 is 16.1 Å². The number of carbonyl (C=O) groups is 1. The second kappa shape index (κ2) is 7.58. The van der Waals surface area contributed by atoms with Crippen LogP contribution >= 0.6 is 0 Å². The zero-order valence-electron chi connectivity index (χ0n) is 17.0. The van der Waals surface area contributed by atoms with E-state index in [1.165, 1.54) is 4.31 Å². The fourth-order valence-corrected chi connectivity index (χ4v) is 6.43. The Bertz CT molecular complexity index is 974. The summed E-state index contributed by atoms with van der Waals surface area (Å²) in [5, 5.41) is 0. The highest BCUT2D eigenvalue weighted by Gasteiger charge is 2.51. The lowest BCUT2D eigenvalue weighted by Gasteiger charge is -2.56. The number of benzene rings is 2. The van der Waals surface area contributed by atoms with E-state index in [1.807, 2.05) is 35.2 Å². The molecule has 0 N–H and O–H groups in total. The summed E-state index contributed by atoms with van der Waals surface area (Å²) < 4.78 is 28.0. The number of hydrogen-bond acceptors (Lipinski definition) is 3. The van der Waals surface area contributed by atoms with Crippen LogP contribution < -0.4 is 0 Å². The minimum atomic E-state index is -3.70. The highest BCUT2D eigenvalue weighted by molar-refractivity contribution is 7.89. The maximum absolute atomic E-state index is 13.6. The van der Waals surface area contributed by atoms with Gasteiger partial charge in [0.1, 0.15) is 6.04 Å². The average Bonchev–Trinajstić information content (AvgIpc) is 2.73. The van der Waals surface area contributed by atoms with E-state index in [2.05, 4.69) is 13.8 Å². The van der Waals surface area contributed by atoms with Gasteiger partial charge < -0.3 is 4.90 Å². The van der Waals surface area contributed by atoms with Gasteiger partial charge in [-0.2, -0.15) is 4.31 Å². The molecule has 2 aromatic carbocycles. The maximum atomic E-state index is 13.6. The van der Waals surface area contributed by atoms with Crippen molar-refractivity contribution in [1.82, 2.24) is 9.21 Å². The lowest BCUT2D eigenvalue weighted by atomic mass is 9.71. The molecule has 0 bridgehead atoms. The molecule has 0 unspecified atom stereocenters. The third-order valence-corrected chi connectivity index (χ3v) is 8.04. The number of likely N-dealkylation sites (tertiary alicyclic amines) is 1. The summed E-state index contributed by atoms with van der Waals surface area (Å²) >= 11 is 0. The van der Waals surface area contributed by atoms with Gasteiger partial charge in [-0.15, -0.1) is 0 Å². The smallest absolute Gasteiger partial charge is 0.243 e. The second-order valence-electron chi connectivity index (χ2n) is 8.71. The first-order chi connectivity index (χ1) is 13.8. The summed E-state index contributed by atoms with van der Waals surface area (Å²) in [7, 11) is -3.70. The predicted octanol–water partition coefficient (Wildman–Crippen LogP) is 3.84. The van der Waals surface area contributed by atoms with Crippen molar-refractivity contribution in [2.45, 2.75) is 50.1 Å².